The van der Waals surface area contributed by atoms with Gasteiger partial charge in [0.1, 0.15) is 6.04 Å². The molecule has 4 nitrogen and oxygen atoms in total. The first-order valence-corrected chi connectivity index (χ1v) is 6.94. The van der Waals surface area contributed by atoms with Crippen LogP contribution < -0.4 is 0 Å². The molecule has 1 aromatic carbocycles. The zero-order valence-electron chi connectivity index (χ0n) is 11.8. The second-order valence-corrected chi connectivity index (χ2v) is 4.72. The lowest BCUT2D eigenvalue weighted by molar-refractivity contribution is -0.147. The molecule has 2 rings (SSSR count). The van der Waals surface area contributed by atoms with Crippen LogP contribution in [-0.4, -0.2) is 23.4 Å². The number of ether oxygens (including phenoxy) is 1. The van der Waals surface area contributed by atoms with Crippen molar-refractivity contribution in [1.29, 1.82) is 0 Å². The fraction of sp³-hybridized carbons (Fsp3) is 0.375. The third kappa shape index (κ3) is 2.59. The van der Waals surface area contributed by atoms with E-state index in [1.165, 1.54) is 0 Å². The van der Waals surface area contributed by atoms with Crippen LogP contribution >= 0.6 is 0 Å². The summed E-state index contributed by atoms with van der Waals surface area (Å²) in [6.45, 7) is 4.33. The van der Waals surface area contributed by atoms with E-state index < -0.39 is 0 Å². The van der Waals surface area contributed by atoms with Crippen LogP contribution in [0.2, 0.25) is 0 Å². The molecule has 0 saturated carbocycles. The first-order valence-electron chi connectivity index (χ1n) is 6.94. The Morgan fingerprint density at radius 2 is 2.10 bits per heavy atom. The molecular formula is C16H19NO3. The van der Waals surface area contributed by atoms with Gasteiger partial charge in [-0.25, -0.2) is 4.79 Å². The van der Waals surface area contributed by atoms with Crippen LogP contribution in [0.25, 0.3) is 10.9 Å². The van der Waals surface area contributed by atoms with E-state index in [0.717, 1.165) is 23.6 Å². The predicted octanol–water partition coefficient (Wildman–Crippen LogP) is 3.36. The van der Waals surface area contributed by atoms with Crippen molar-refractivity contribution in [2.75, 3.05) is 6.61 Å². The van der Waals surface area contributed by atoms with Gasteiger partial charge >= 0.3 is 5.97 Å². The number of carbonyl (C=O) groups is 2. The number of nitrogens with zero attached hydrogens (tertiary/aromatic N) is 1. The second kappa shape index (κ2) is 6.37. The van der Waals surface area contributed by atoms with Crippen LogP contribution in [0.3, 0.4) is 0 Å². The molecule has 0 aliphatic carbocycles. The molecule has 0 aliphatic heterocycles. The highest BCUT2D eigenvalue weighted by atomic mass is 16.5. The molecule has 0 aliphatic rings. The maximum Gasteiger partial charge on any atom is 0.329 e. The largest absolute Gasteiger partial charge is 0.464 e. The SMILES string of the molecule is CCCOC(=O)C(CC)n1cc(C=O)c2ccccc21. The summed E-state index contributed by atoms with van der Waals surface area (Å²) < 4.78 is 7.09. The number of para-hydroxylation sites is 1. The first-order chi connectivity index (χ1) is 9.72. The zero-order chi connectivity index (χ0) is 14.5. The summed E-state index contributed by atoms with van der Waals surface area (Å²) in [7, 11) is 0. The summed E-state index contributed by atoms with van der Waals surface area (Å²) >= 11 is 0. The number of hydrogen-bond donors (Lipinski definition) is 0. The minimum absolute atomic E-state index is 0.243. The number of aromatic nitrogens is 1. The van der Waals surface area contributed by atoms with Gasteiger partial charge in [-0.05, 0) is 18.9 Å². The molecule has 2 aromatic rings. The van der Waals surface area contributed by atoms with E-state index in [4.69, 9.17) is 4.74 Å². The number of fused-ring (bicyclic) bond motifs is 1. The van der Waals surface area contributed by atoms with Gasteiger partial charge in [0.15, 0.2) is 6.29 Å². The Bertz CT molecular complexity index is 615. The van der Waals surface area contributed by atoms with Crippen molar-refractivity contribution in [3.05, 3.63) is 36.0 Å². The Morgan fingerprint density at radius 3 is 2.75 bits per heavy atom. The number of aldehydes is 1. The summed E-state index contributed by atoms with van der Waals surface area (Å²) in [6, 6.07) is 7.20. The highest BCUT2D eigenvalue weighted by Gasteiger charge is 2.22. The number of carbonyl (C=O) groups excluding carboxylic acids is 2. The Balaban J connectivity index is 2.44. The minimum Gasteiger partial charge on any atom is -0.464 e. The summed E-state index contributed by atoms with van der Waals surface area (Å²) in [5, 5.41) is 0.865. The van der Waals surface area contributed by atoms with Gasteiger partial charge in [0, 0.05) is 22.7 Å². The van der Waals surface area contributed by atoms with Crippen LogP contribution in [0.4, 0.5) is 0 Å². The molecule has 20 heavy (non-hydrogen) atoms. The Kier molecular flexibility index (Phi) is 4.56. The Labute approximate surface area is 118 Å². The normalized spacial score (nSPS) is 12.3. The van der Waals surface area contributed by atoms with E-state index in [2.05, 4.69) is 0 Å². The van der Waals surface area contributed by atoms with Crippen LogP contribution in [0, 0.1) is 0 Å². The van der Waals surface area contributed by atoms with E-state index in [1.54, 1.807) is 6.20 Å². The highest BCUT2D eigenvalue weighted by molar-refractivity contribution is 5.98. The lowest BCUT2D eigenvalue weighted by atomic mass is 10.2. The van der Waals surface area contributed by atoms with Crippen LogP contribution in [0.5, 0.6) is 0 Å². The number of benzene rings is 1. The van der Waals surface area contributed by atoms with Crippen LogP contribution in [0.1, 0.15) is 43.1 Å². The standard InChI is InChI=1S/C16H19NO3/c1-3-9-20-16(19)14(4-2)17-10-12(11-18)13-7-5-6-8-15(13)17/h5-8,10-11,14H,3-4,9H2,1-2H3. The smallest absolute Gasteiger partial charge is 0.329 e. The van der Waals surface area contributed by atoms with Gasteiger partial charge in [0.2, 0.25) is 0 Å². The number of hydrogen-bond acceptors (Lipinski definition) is 3. The molecule has 0 amide bonds. The molecule has 4 heteroatoms. The second-order valence-electron chi connectivity index (χ2n) is 4.72. The monoisotopic (exact) mass is 273 g/mol. The topological polar surface area (TPSA) is 48.3 Å². The van der Waals surface area contributed by atoms with Crippen LogP contribution in [0.15, 0.2) is 30.5 Å². The van der Waals surface area contributed by atoms with Crippen molar-refractivity contribution in [3.63, 3.8) is 0 Å². The molecule has 0 saturated heterocycles. The van der Waals surface area contributed by atoms with Crippen molar-refractivity contribution >= 4 is 23.2 Å². The Hall–Kier alpha value is -2.10. The third-order valence-electron chi connectivity index (χ3n) is 3.34. The molecule has 0 radical (unpaired) electrons. The summed E-state index contributed by atoms with van der Waals surface area (Å²) in [5.41, 5.74) is 1.48. The van der Waals surface area contributed by atoms with E-state index in [0.29, 0.717) is 18.6 Å². The van der Waals surface area contributed by atoms with E-state index >= 15 is 0 Å². The fourth-order valence-electron chi connectivity index (χ4n) is 2.36. The highest BCUT2D eigenvalue weighted by Crippen LogP contribution is 2.26. The van der Waals surface area contributed by atoms with Crippen molar-refractivity contribution in [3.8, 4) is 0 Å². The molecule has 1 unspecified atom stereocenters. The van der Waals surface area contributed by atoms with Gasteiger partial charge in [-0.1, -0.05) is 32.0 Å². The third-order valence-corrected chi connectivity index (χ3v) is 3.34. The molecule has 1 aromatic heterocycles. The van der Waals surface area contributed by atoms with Gasteiger partial charge in [-0.15, -0.1) is 0 Å². The van der Waals surface area contributed by atoms with Crippen molar-refractivity contribution in [1.82, 2.24) is 4.57 Å². The molecule has 0 spiro atoms. The number of rotatable bonds is 6. The maximum atomic E-state index is 12.1. The summed E-state index contributed by atoms with van der Waals surface area (Å²) in [6.07, 6.45) is 3.98. The number of esters is 1. The molecule has 0 bridgehead atoms. The first kappa shape index (κ1) is 14.3. The molecule has 0 N–H and O–H groups in total. The summed E-state index contributed by atoms with van der Waals surface area (Å²) in [4.78, 5) is 23.3. The molecule has 0 fully saturated rings. The quantitative estimate of drug-likeness (QED) is 0.599. The lowest BCUT2D eigenvalue weighted by Gasteiger charge is -2.17. The zero-order valence-corrected chi connectivity index (χ0v) is 11.8. The summed E-state index contributed by atoms with van der Waals surface area (Å²) in [5.74, 6) is -0.243. The van der Waals surface area contributed by atoms with Gasteiger partial charge in [0.25, 0.3) is 0 Å². The van der Waals surface area contributed by atoms with Crippen LogP contribution in [-0.2, 0) is 9.53 Å². The molecule has 1 atom stereocenters. The molecule has 106 valence electrons. The van der Waals surface area contributed by atoms with Gasteiger partial charge in [-0.3, -0.25) is 4.79 Å². The van der Waals surface area contributed by atoms with Crippen molar-refractivity contribution in [2.45, 2.75) is 32.7 Å². The molecular weight excluding hydrogens is 254 g/mol. The molecule has 1 heterocycles. The average Bonchev–Trinajstić information content (AvgIpc) is 2.85. The van der Waals surface area contributed by atoms with Crippen molar-refractivity contribution < 1.29 is 14.3 Å². The Morgan fingerprint density at radius 1 is 1.35 bits per heavy atom. The lowest BCUT2D eigenvalue weighted by Crippen LogP contribution is -2.21. The van der Waals surface area contributed by atoms with Gasteiger partial charge in [-0.2, -0.15) is 0 Å². The van der Waals surface area contributed by atoms with Gasteiger partial charge < -0.3 is 9.30 Å². The minimum atomic E-state index is -0.389. The van der Waals surface area contributed by atoms with E-state index in [-0.39, 0.29) is 12.0 Å². The van der Waals surface area contributed by atoms with Crippen molar-refractivity contribution in [2.24, 2.45) is 0 Å². The predicted molar refractivity (Wildman–Crippen MR) is 77.9 cm³/mol. The average molecular weight is 273 g/mol. The maximum absolute atomic E-state index is 12.1. The van der Waals surface area contributed by atoms with E-state index in [1.807, 2.05) is 42.7 Å². The fourth-order valence-corrected chi connectivity index (χ4v) is 2.36. The van der Waals surface area contributed by atoms with Gasteiger partial charge in [0.05, 0.1) is 6.61 Å². The van der Waals surface area contributed by atoms with E-state index in [9.17, 15) is 9.59 Å².